The lowest BCUT2D eigenvalue weighted by Crippen LogP contribution is -2.33. The average molecular weight is 347 g/mol. The molecule has 0 fully saturated rings. The number of aliphatic hydroxyl groups is 1. The smallest absolute Gasteiger partial charge is 0.407 e. The van der Waals surface area contributed by atoms with Crippen LogP contribution in [-0.2, 0) is 35.2 Å². The minimum atomic E-state index is -0.513. The van der Waals surface area contributed by atoms with Gasteiger partial charge in [0, 0.05) is 26.0 Å². The molecule has 25 heavy (non-hydrogen) atoms. The van der Waals surface area contributed by atoms with Gasteiger partial charge >= 0.3 is 6.09 Å². The van der Waals surface area contributed by atoms with Gasteiger partial charge in [0.2, 0.25) is 0 Å². The molecule has 1 aromatic carbocycles. The molecule has 0 saturated heterocycles. The van der Waals surface area contributed by atoms with Crippen LogP contribution in [0.1, 0.15) is 55.0 Å². The van der Waals surface area contributed by atoms with E-state index in [4.69, 9.17) is 4.74 Å². The Hall–Kier alpha value is -1.88. The van der Waals surface area contributed by atoms with Crippen LogP contribution in [0.15, 0.2) is 6.07 Å². The molecule has 5 nitrogen and oxygen atoms in total. The zero-order valence-electron chi connectivity index (χ0n) is 15.7. The van der Waals surface area contributed by atoms with Gasteiger partial charge in [0.05, 0.1) is 0 Å². The van der Waals surface area contributed by atoms with E-state index >= 15 is 0 Å². The lowest BCUT2D eigenvalue weighted by atomic mass is 9.82. The Balaban J connectivity index is 2.13. The molecule has 1 aliphatic rings. The van der Waals surface area contributed by atoms with E-state index in [0.29, 0.717) is 32.2 Å². The number of rotatable bonds is 5. The van der Waals surface area contributed by atoms with Gasteiger partial charge < -0.3 is 15.2 Å². The third-order valence-corrected chi connectivity index (χ3v) is 4.50. The molecule has 1 aliphatic carbocycles. The number of aliphatic hydroxyl groups excluding tert-OH is 1. The number of ketones is 1. The second kappa shape index (κ2) is 8.00. The normalized spacial score (nSPS) is 14.2. The molecular weight excluding hydrogens is 318 g/mol. The molecular formula is C20H29NO4. The van der Waals surface area contributed by atoms with Crippen molar-refractivity contribution in [1.29, 1.82) is 0 Å². The van der Waals surface area contributed by atoms with Crippen LogP contribution in [0, 0.1) is 6.92 Å². The fourth-order valence-electron chi connectivity index (χ4n) is 3.37. The Morgan fingerprint density at radius 2 is 2.00 bits per heavy atom. The first kappa shape index (κ1) is 19.4. The third-order valence-electron chi connectivity index (χ3n) is 4.50. The Labute approximate surface area is 149 Å². The SMILES string of the molecule is Cc1c(CCO)c(CCNC(=O)OC(C)(C)C)cc2c1CC(=O)CC2. The lowest BCUT2D eigenvalue weighted by molar-refractivity contribution is -0.118. The number of carbonyl (C=O) groups is 2. The molecule has 0 aliphatic heterocycles. The number of hydrogen-bond donors (Lipinski definition) is 2. The molecule has 2 rings (SSSR count). The zero-order chi connectivity index (χ0) is 18.6. The van der Waals surface area contributed by atoms with Gasteiger partial charge in [-0.05, 0) is 74.8 Å². The van der Waals surface area contributed by atoms with Crippen LogP contribution in [0.5, 0.6) is 0 Å². The van der Waals surface area contributed by atoms with Crippen molar-refractivity contribution in [3.63, 3.8) is 0 Å². The first-order valence-corrected chi connectivity index (χ1v) is 8.93. The predicted octanol–water partition coefficient (Wildman–Crippen LogP) is 2.65. The summed E-state index contributed by atoms with van der Waals surface area (Å²) >= 11 is 0. The minimum Gasteiger partial charge on any atom is -0.444 e. The van der Waals surface area contributed by atoms with E-state index < -0.39 is 11.7 Å². The van der Waals surface area contributed by atoms with E-state index in [1.165, 1.54) is 5.56 Å². The van der Waals surface area contributed by atoms with E-state index in [9.17, 15) is 14.7 Å². The maximum atomic E-state index is 11.8. The average Bonchev–Trinajstić information content (AvgIpc) is 2.50. The highest BCUT2D eigenvalue weighted by atomic mass is 16.6. The molecule has 1 amide bonds. The van der Waals surface area contributed by atoms with Crippen molar-refractivity contribution in [3.05, 3.63) is 33.9 Å². The number of aryl methyl sites for hydroxylation is 1. The summed E-state index contributed by atoms with van der Waals surface area (Å²) in [5.74, 6) is 0.282. The fraction of sp³-hybridized carbons (Fsp3) is 0.600. The van der Waals surface area contributed by atoms with Gasteiger partial charge in [-0.1, -0.05) is 6.07 Å². The standard InChI is InChI=1S/C20H29NO4/c1-13-17(8-10-22)15(7-9-21-19(24)25-20(2,3)4)11-14-5-6-16(23)12-18(13)14/h11,22H,5-10,12H2,1-4H3,(H,21,24). The van der Waals surface area contributed by atoms with E-state index in [1.54, 1.807) is 0 Å². The van der Waals surface area contributed by atoms with E-state index in [1.807, 2.05) is 27.7 Å². The summed E-state index contributed by atoms with van der Waals surface area (Å²) in [7, 11) is 0. The van der Waals surface area contributed by atoms with Crippen LogP contribution in [0.3, 0.4) is 0 Å². The molecule has 0 bridgehead atoms. The second-order valence-corrected chi connectivity index (χ2v) is 7.64. The van der Waals surface area contributed by atoms with Crippen molar-refractivity contribution in [2.75, 3.05) is 13.2 Å². The highest BCUT2D eigenvalue weighted by molar-refractivity contribution is 5.84. The number of carbonyl (C=O) groups excluding carboxylic acids is 2. The lowest BCUT2D eigenvalue weighted by Gasteiger charge is -2.23. The molecule has 0 spiro atoms. The highest BCUT2D eigenvalue weighted by Crippen LogP contribution is 2.29. The van der Waals surface area contributed by atoms with Crippen LogP contribution in [0.25, 0.3) is 0 Å². The molecule has 2 N–H and O–H groups in total. The fourth-order valence-corrected chi connectivity index (χ4v) is 3.37. The van der Waals surface area contributed by atoms with Crippen LogP contribution in [0.2, 0.25) is 0 Å². The number of Topliss-reactive ketones (excluding diaryl/α,β-unsaturated/α-hetero) is 1. The number of alkyl carbamates (subject to hydrolysis) is 1. The van der Waals surface area contributed by atoms with Crippen LogP contribution < -0.4 is 5.32 Å². The third kappa shape index (κ3) is 5.30. The van der Waals surface area contributed by atoms with Gasteiger partial charge in [0.25, 0.3) is 0 Å². The van der Waals surface area contributed by atoms with Gasteiger partial charge in [0.15, 0.2) is 0 Å². The first-order chi connectivity index (χ1) is 11.7. The van der Waals surface area contributed by atoms with Crippen molar-refractivity contribution in [2.45, 2.75) is 65.4 Å². The number of hydrogen-bond acceptors (Lipinski definition) is 4. The Kier molecular flexibility index (Phi) is 6.22. The second-order valence-electron chi connectivity index (χ2n) is 7.64. The maximum Gasteiger partial charge on any atom is 0.407 e. The maximum absolute atomic E-state index is 11.8. The summed E-state index contributed by atoms with van der Waals surface area (Å²) in [4.78, 5) is 23.6. The van der Waals surface area contributed by atoms with Crippen molar-refractivity contribution in [1.82, 2.24) is 5.32 Å². The Morgan fingerprint density at radius 1 is 1.28 bits per heavy atom. The minimum absolute atomic E-state index is 0.0695. The van der Waals surface area contributed by atoms with Crippen LogP contribution >= 0.6 is 0 Å². The molecule has 0 aromatic heterocycles. The van der Waals surface area contributed by atoms with Gasteiger partial charge in [-0.2, -0.15) is 0 Å². The molecule has 0 radical (unpaired) electrons. The van der Waals surface area contributed by atoms with E-state index in [2.05, 4.69) is 11.4 Å². The summed E-state index contributed by atoms with van der Waals surface area (Å²) < 4.78 is 5.25. The number of benzene rings is 1. The molecule has 0 atom stereocenters. The molecule has 5 heteroatoms. The summed E-state index contributed by atoms with van der Waals surface area (Å²) in [6, 6.07) is 2.15. The van der Waals surface area contributed by atoms with Crippen molar-refractivity contribution >= 4 is 11.9 Å². The van der Waals surface area contributed by atoms with Crippen molar-refractivity contribution in [2.24, 2.45) is 0 Å². The van der Waals surface area contributed by atoms with Crippen molar-refractivity contribution in [3.8, 4) is 0 Å². The van der Waals surface area contributed by atoms with Crippen LogP contribution in [0.4, 0.5) is 4.79 Å². The summed E-state index contributed by atoms with van der Waals surface area (Å²) in [5.41, 5.74) is 5.19. The summed E-state index contributed by atoms with van der Waals surface area (Å²) in [6.45, 7) is 8.08. The number of fused-ring (bicyclic) bond motifs is 1. The van der Waals surface area contributed by atoms with Crippen LogP contribution in [-0.4, -0.2) is 35.7 Å². The quantitative estimate of drug-likeness (QED) is 0.859. The van der Waals surface area contributed by atoms with Crippen molar-refractivity contribution < 1.29 is 19.4 Å². The van der Waals surface area contributed by atoms with Gasteiger partial charge in [-0.15, -0.1) is 0 Å². The Morgan fingerprint density at radius 3 is 2.64 bits per heavy atom. The molecule has 138 valence electrons. The summed E-state index contributed by atoms with van der Waals surface area (Å²) in [6.07, 6.45) is 2.70. The largest absolute Gasteiger partial charge is 0.444 e. The number of ether oxygens (including phenoxy) is 1. The highest BCUT2D eigenvalue weighted by Gasteiger charge is 2.21. The van der Waals surface area contributed by atoms with Gasteiger partial charge in [-0.3, -0.25) is 4.79 Å². The number of nitrogens with one attached hydrogen (secondary N) is 1. The topological polar surface area (TPSA) is 75.6 Å². The monoisotopic (exact) mass is 347 g/mol. The zero-order valence-corrected chi connectivity index (χ0v) is 15.7. The van der Waals surface area contributed by atoms with Gasteiger partial charge in [-0.25, -0.2) is 4.79 Å². The molecule has 0 unspecified atom stereocenters. The van der Waals surface area contributed by atoms with E-state index in [0.717, 1.165) is 28.7 Å². The number of amides is 1. The molecule has 0 saturated carbocycles. The molecule has 0 heterocycles. The van der Waals surface area contributed by atoms with E-state index in [-0.39, 0.29) is 12.4 Å². The first-order valence-electron chi connectivity index (χ1n) is 8.93. The predicted molar refractivity (Wildman–Crippen MR) is 96.9 cm³/mol. The summed E-state index contributed by atoms with van der Waals surface area (Å²) in [5, 5.41) is 12.2. The molecule has 1 aromatic rings. The Bertz CT molecular complexity index is 659. The van der Waals surface area contributed by atoms with Gasteiger partial charge in [0.1, 0.15) is 11.4 Å².